The zero-order valence-electron chi connectivity index (χ0n) is 9.41. The van der Waals surface area contributed by atoms with E-state index in [0.717, 1.165) is 7.11 Å². The summed E-state index contributed by atoms with van der Waals surface area (Å²) in [4.78, 5) is 22.0. The molecular formula is C11H14F2O4. The molecule has 0 heterocycles. The summed E-state index contributed by atoms with van der Waals surface area (Å²) >= 11 is 0. The van der Waals surface area contributed by atoms with E-state index in [2.05, 4.69) is 4.74 Å². The van der Waals surface area contributed by atoms with Crippen LogP contribution in [0.15, 0.2) is 0 Å². The Morgan fingerprint density at radius 2 is 1.82 bits per heavy atom. The SMILES string of the molecule is COC(=O)C1C(F)(F)C12CCC(C(=O)O)CC2. The monoisotopic (exact) mass is 248 g/mol. The fourth-order valence-corrected chi connectivity index (χ4v) is 3.00. The molecule has 0 aliphatic heterocycles. The highest BCUT2D eigenvalue weighted by Gasteiger charge is 2.83. The number of rotatable bonds is 2. The average molecular weight is 248 g/mol. The molecule has 0 aromatic rings. The smallest absolute Gasteiger partial charge is 0.315 e. The van der Waals surface area contributed by atoms with Crippen LogP contribution in [0.3, 0.4) is 0 Å². The molecule has 1 unspecified atom stereocenters. The molecule has 0 bridgehead atoms. The van der Waals surface area contributed by atoms with Gasteiger partial charge < -0.3 is 9.84 Å². The van der Waals surface area contributed by atoms with Crippen molar-refractivity contribution in [1.82, 2.24) is 0 Å². The lowest BCUT2D eigenvalue weighted by Gasteiger charge is -2.26. The predicted octanol–water partition coefficient (Wildman–Crippen LogP) is 1.69. The Balaban J connectivity index is 2.09. The van der Waals surface area contributed by atoms with E-state index in [-0.39, 0.29) is 25.7 Å². The number of alkyl halides is 2. The number of carboxylic acids is 1. The van der Waals surface area contributed by atoms with Gasteiger partial charge >= 0.3 is 11.9 Å². The van der Waals surface area contributed by atoms with Crippen molar-refractivity contribution in [2.75, 3.05) is 7.11 Å². The minimum atomic E-state index is -3.04. The van der Waals surface area contributed by atoms with Crippen LogP contribution in [0.25, 0.3) is 0 Å². The van der Waals surface area contributed by atoms with Crippen molar-refractivity contribution < 1.29 is 28.2 Å². The van der Waals surface area contributed by atoms with Crippen LogP contribution in [0.4, 0.5) is 8.78 Å². The van der Waals surface area contributed by atoms with Gasteiger partial charge in [-0.25, -0.2) is 8.78 Å². The second kappa shape index (κ2) is 3.65. The number of carbonyl (C=O) groups excluding carboxylic acids is 1. The second-order valence-electron chi connectivity index (χ2n) is 4.85. The first-order chi connectivity index (χ1) is 7.87. The van der Waals surface area contributed by atoms with E-state index < -0.39 is 35.1 Å². The summed E-state index contributed by atoms with van der Waals surface area (Å²) in [5.41, 5.74) is -1.34. The fourth-order valence-electron chi connectivity index (χ4n) is 3.00. The van der Waals surface area contributed by atoms with Crippen LogP contribution in [0, 0.1) is 17.3 Å². The molecular weight excluding hydrogens is 234 g/mol. The molecule has 0 saturated heterocycles. The highest BCUT2D eigenvalue weighted by Crippen LogP contribution is 2.72. The standard InChI is InChI=1S/C11H14F2O4/c1-17-9(16)7-10(11(7,12)13)4-2-6(3-5-10)8(14)15/h6-7H,2-5H2,1H3,(H,14,15). The number of halogens is 2. The van der Waals surface area contributed by atoms with Gasteiger partial charge in [-0.15, -0.1) is 0 Å². The van der Waals surface area contributed by atoms with E-state index in [0.29, 0.717) is 0 Å². The molecule has 2 aliphatic carbocycles. The van der Waals surface area contributed by atoms with E-state index in [1.165, 1.54) is 0 Å². The Kier molecular flexibility index (Phi) is 2.63. The van der Waals surface area contributed by atoms with Crippen molar-refractivity contribution >= 4 is 11.9 Å². The van der Waals surface area contributed by atoms with Crippen molar-refractivity contribution in [2.45, 2.75) is 31.6 Å². The molecule has 4 nitrogen and oxygen atoms in total. The van der Waals surface area contributed by atoms with Gasteiger partial charge in [0.15, 0.2) is 0 Å². The molecule has 2 saturated carbocycles. The zero-order chi connectivity index (χ0) is 12.8. The topological polar surface area (TPSA) is 63.6 Å². The largest absolute Gasteiger partial charge is 0.481 e. The van der Waals surface area contributed by atoms with Crippen LogP contribution < -0.4 is 0 Å². The van der Waals surface area contributed by atoms with Crippen molar-refractivity contribution in [2.24, 2.45) is 17.3 Å². The van der Waals surface area contributed by atoms with Gasteiger partial charge in [0.05, 0.1) is 18.4 Å². The number of ether oxygens (including phenoxy) is 1. The van der Waals surface area contributed by atoms with Gasteiger partial charge in [0, 0.05) is 0 Å². The maximum absolute atomic E-state index is 13.7. The van der Waals surface area contributed by atoms with E-state index in [4.69, 9.17) is 5.11 Å². The fraction of sp³-hybridized carbons (Fsp3) is 0.818. The summed E-state index contributed by atoms with van der Waals surface area (Å²) in [6.07, 6.45) is 0.574. The lowest BCUT2D eigenvalue weighted by atomic mass is 9.78. The van der Waals surface area contributed by atoms with Crippen LogP contribution in [-0.2, 0) is 14.3 Å². The maximum Gasteiger partial charge on any atom is 0.315 e. The van der Waals surface area contributed by atoms with Crippen LogP contribution in [-0.4, -0.2) is 30.1 Å². The molecule has 6 heteroatoms. The van der Waals surface area contributed by atoms with Crippen molar-refractivity contribution in [3.05, 3.63) is 0 Å². The molecule has 0 radical (unpaired) electrons. The lowest BCUT2D eigenvalue weighted by Crippen LogP contribution is -2.26. The third kappa shape index (κ3) is 1.53. The number of hydrogen-bond acceptors (Lipinski definition) is 3. The van der Waals surface area contributed by atoms with Gasteiger partial charge in [-0.2, -0.15) is 0 Å². The first-order valence-corrected chi connectivity index (χ1v) is 5.55. The highest BCUT2D eigenvalue weighted by atomic mass is 19.3. The summed E-state index contributed by atoms with van der Waals surface area (Å²) in [5.74, 6) is -6.81. The first kappa shape index (κ1) is 12.3. The van der Waals surface area contributed by atoms with Crippen LogP contribution in [0.2, 0.25) is 0 Å². The van der Waals surface area contributed by atoms with Gasteiger partial charge in [0.25, 0.3) is 5.92 Å². The van der Waals surface area contributed by atoms with E-state index >= 15 is 0 Å². The van der Waals surface area contributed by atoms with Crippen LogP contribution in [0.1, 0.15) is 25.7 Å². The second-order valence-corrected chi connectivity index (χ2v) is 4.85. The van der Waals surface area contributed by atoms with E-state index in [1.54, 1.807) is 0 Å². The zero-order valence-corrected chi connectivity index (χ0v) is 9.41. The average Bonchev–Trinajstić information content (AvgIpc) is 2.74. The van der Waals surface area contributed by atoms with Crippen molar-refractivity contribution in [3.63, 3.8) is 0 Å². The molecule has 0 amide bonds. The molecule has 96 valence electrons. The third-order valence-corrected chi connectivity index (χ3v) is 4.16. The Hall–Kier alpha value is -1.20. The molecule has 1 atom stereocenters. The van der Waals surface area contributed by atoms with Crippen LogP contribution >= 0.6 is 0 Å². The summed E-state index contributed by atoms with van der Waals surface area (Å²) in [7, 11) is 1.09. The van der Waals surface area contributed by atoms with Crippen LogP contribution in [0.5, 0.6) is 0 Å². The summed E-state index contributed by atoms with van der Waals surface area (Å²) < 4.78 is 31.7. The number of hydrogen-bond donors (Lipinski definition) is 1. The molecule has 2 aliphatic rings. The minimum absolute atomic E-state index is 0.0801. The number of esters is 1. The highest BCUT2D eigenvalue weighted by molar-refractivity contribution is 5.80. The molecule has 2 fully saturated rings. The normalized spacial score (nSPS) is 38.8. The predicted molar refractivity (Wildman–Crippen MR) is 52.5 cm³/mol. The van der Waals surface area contributed by atoms with E-state index in [9.17, 15) is 18.4 Å². The minimum Gasteiger partial charge on any atom is -0.481 e. The maximum atomic E-state index is 13.7. The van der Waals surface area contributed by atoms with Gasteiger partial charge in [-0.05, 0) is 25.7 Å². The number of carboxylic acid groups (broad SMARTS) is 1. The Morgan fingerprint density at radius 3 is 2.24 bits per heavy atom. The molecule has 1 N–H and O–H groups in total. The lowest BCUT2D eigenvalue weighted by molar-refractivity contribution is -0.144. The van der Waals surface area contributed by atoms with Gasteiger partial charge in [0.1, 0.15) is 5.92 Å². The summed E-state index contributed by atoms with van der Waals surface area (Å²) in [5, 5.41) is 8.80. The molecule has 0 aromatic carbocycles. The number of carbonyl (C=O) groups is 2. The van der Waals surface area contributed by atoms with Crippen molar-refractivity contribution in [1.29, 1.82) is 0 Å². The molecule has 17 heavy (non-hydrogen) atoms. The van der Waals surface area contributed by atoms with Gasteiger partial charge in [-0.1, -0.05) is 0 Å². The summed E-state index contributed by atoms with van der Waals surface area (Å²) in [6, 6.07) is 0. The van der Waals surface area contributed by atoms with Gasteiger partial charge in [-0.3, -0.25) is 9.59 Å². The summed E-state index contributed by atoms with van der Waals surface area (Å²) in [6.45, 7) is 0. The number of methoxy groups -OCH3 is 1. The van der Waals surface area contributed by atoms with Gasteiger partial charge in [0.2, 0.25) is 0 Å². The molecule has 1 spiro atoms. The Labute approximate surface area is 96.9 Å². The Bertz CT molecular complexity index is 358. The third-order valence-electron chi connectivity index (χ3n) is 4.16. The first-order valence-electron chi connectivity index (χ1n) is 5.55. The molecule has 0 aromatic heterocycles. The van der Waals surface area contributed by atoms with E-state index in [1.807, 2.05) is 0 Å². The van der Waals surface area contributed by atoms with Crippen molar-refractivity contribution in [3.8, 4) is 0 Å². The Morgan fingerprint density at radius 1 is 1.29 bits per heavy atom. The number of aliphatic carboxylic acids is 1. The molecule has 2 rings (SSSR count). The quantitative estimate of drug-likeness (QED) is 0.755.